The van der Waals surface area contributed by atoms with Crippen molar-refractivity contribution in [1.29, 1.82) is 0 Å². The summed E-state index contributed by atoms with van der Waals surface area (Å²) >= 11 is 0. The summed E-state index contributed by atoms with van der Waals surface area (Å²) in [7, 11) is -3.54. The molecule has 0 aromatic carbocycles. The fourth-order valence-corrected chi connectivity index (χ4v) is 0.465. The molecule has 8 heavy (non-hydrogen) atoms. The monoisotopic (exact) mass is 127 g/mol. The maximum Gasteiger partial charge on any atom is 1.00 e. The third-order valence-electron chi connectivity index (χ3n) is 0.337. The van der Waals surface area contributed by atoms with Crippen LogP contribution in [-0.4, -0.2) is 14.2 Å². The molecule has 42 valence electrons. The van der Waals surface area contributed by atoms with Gasteiger partial charge in [0.05, 0.1) is 15.8 Å². The van der Waals surface area contributed by atoms with Crippen LogP contribution in [0, 0.1) is 0 Å². The number of rotatable bonds is 2. The summed E-state index contributed by atoms with van der Waals surface area (Å²) in [6.45, 7) is 3.15. The number of sulfonamides is 1. The van der Waals surface area contributed by atoms with Crippen LogP contribution in [0.5, 0.6) is 0 Å². The number of hydrogen-bond donors (Lipinski definition) is 0. The van der Waals surface area contributed by atoms with Gasteiger partial charge in [-0.15, -0.1) is 6.58 Å². The van der Waals surface area contributed by atoms with Gasteiger partial charge in [0.2, 0.25) is 0 Å². The molecule has 0 aliphatic carbocycles. The van der Waals surface area contributed by atoms with Gasteiger partial charge in [-0.05, 0) is 0 Å². The molecule has 0 aromatic heterocycles. The summed E-state index contributed by atoms with van der Waals surface area (Å²) in [6, 6.07) is 0. The Morgan fingerprint density at radius 2 is 2.00 bits per heavy atom. The summed E-state index contributed by atoms with van der Waals surface area (Å²) in [5.41, 5.74) is 0. The smallest absolute Gasteiger partial charge is 0.564 e. The van der Waals surface area contributed by atoms with E-state index in [9.17, 15) is 8.42 Å². The predicted molar refractivity (Wildman–Crippen MR) is 28.3 cm³/mol. The zero-order valence-corrected chi connectivity index (χ0v) is 5.53. The molecular weight excluding hydrogens is 121 g/mol. The van der Waals surface area contributed by atoms with E-state index < -0.39 is 10.0 Å². The second-order valence-corrected chi connectivity index (χ2v) is 2.63. The van der Waals surface area contributed by atoms with Gasteiger partial charge in [-0.3, -0.25) is 0 Å². The van der Waals surface area contributed by atoms with Crippen molar-refractivity contribution in [1.82, 2.24) is 0 Å². The molecule has 0 aliphatic rings. The topological polar surface area (TPSA) is 57.9 Å². The van der Waals surface area contributed by atoms with Crippen molar-refractivity contribution in [3.63, 3.8) is 0 Å². The van der Waals surface area contributed by atoms with Crippen LogP contribution in [0.2, 0.25) is 0 Å². The predicted octanol–water partition coefficient (Wildman–Crippen LogP) is -2.44. The van der Waals surface area contributed by atoms with Crippen LogP contribution in [-0.2, 0) is 10.0 Å². The molecule has 0 fully saturated rings. The molecule has 0 aliphatic heterocycles. The Hall–Kier alpha value is 0.247. The molecule has 5 heteroatoms. The fourth-order valence-electron chi connectivity index (χ4n) is 0.155. The van der Waals surface area contributed by atoms with E-state index in [4.69, 9.17) is 5.14 Å². The van der Waals surface area contributed by atoms with Crippen LogP contribution in [0.25, 0.3) is 5.14 Å². The Morgan fingerprint density at radius 3 is 2.00 bits per heavy atom. The van der Waals surface area contributed by atoms with Gasteiger partial charge in [-0.2, -0.15) is 0 Å². The zero-order valence-electron chi connectivity index (χ0n) is 4.72. The molecule has 0 radical (unpaired) electrons. The minimum atomic E-state index is -3.54. The largest absolute Gasteiger partial charge is 1.00 e. The van der Waals surface area contributed by atoms with E-state index in [0.717, 1.165) is 0 Å². The van der Waals surface area contributed by atoms with E-state index in [2.05, 4.69) is 6.58 Å². The van der Waals surface area contributed by atoms with E-state index in [1.54, 1.807) is 0 Å². The number of nitrogens with one attached hydrogen (secondary N) is 1. The average Bonchev–Trinajstić information content (AvgIpc) is 1.30. The molecule has 3 nitrogen and oxygen atoms in total. The Morgan fingerprint density at radius 1 is 1.62 bits per heavy atom. The molecule has 0 heterocycles. The molecule has 0 saturated carbocycles. The Labute approximate surface area is 61.2 Å². The third kappa shape index (κ3) is 9.54. The van der Waals surface area contributed by atoms with Crippen LogP contribution in [0.4, 0.5) is 0 Å². The summed E-state index contributed by atoms with van der Waals surface area (Å²) in [6.07, 6.45) is 1.18. The van der Waals surface area contributed by atoms with Crippen molar-refractivity contribution in [2.24, 2.45) is 0 Å². The molecule has 1 N–H and O–H groups in total. The molecule has 0 spiro atoms. The summed E-state index contributed by atoms with van der Waals surface area (Å²) in [5.74, 6) is -0.257. The van der Waals surface area contributed by atoms with Gasteiger partial charge in [0.25, 0.3) is 0 Å². The van der Waals surface area contributed by atoms with Crippen molar-refractivity contribution < 1.29 is 27.3 Å². The fraction of sp³-hybridized carbons (Fsp3) is 0.333. The first-order valence-electron chi connectivity index (χ1n) is 1.64. The van der Waals surface area contributed by atoms with Gasteiger partial charge in [-0.1, -0.05) is 6.08 Å². The standard InChI is InChI=1S/C3H6NO2S.Li/c1-2-3-7(4,5)6;/h2H,1,3H2,(H-,4,5,6);/q-1;+1. The van der Waals surface area contributed by atoms with E-state index >= 15 is 0 Å². The average molecular weight is 127 g/mol. The van der Waals surface area contributed by atoms with Gasteiger partial charge < -0.3 is 5.14 Å². The maximum atomic E-state index is 9.83. The van der Waals surface area contributed by atoms with E-state index in [-0.39, 0.29) is 24.6 Å². The second-order valence-electron chi connectivity index (χ2n) is 1.07. The summed E-state index contributed by atoms with van der Waals surface area (Å²) < 4.78 is 19.7. The summed E-state index contributed by atoms with van der Waals surface area (Å²) in [4.78, 5) is 0. The first-order valence-corrected chi connectivity index (χ1v) is 3.29. The van der Waals surface area contributed by atoms with Gasteiger partial charge >= 0.3 is 18.9 Å². The molecule has 0 aromatic rings. The minimum Gasteiger partial charge on any atom is -0.564 e. The molecule has 0 bridgehead atoms. The SMILES string of the molecule is C=CCS([NH-])(=O)=O.[Li+]. The molecular formula is C3H6LiNO2S. The van der Waals surface area contributed by atoms with Crippen molar-refractivity contribution in [2.45, 2.75) is 0 Å². The van der Waals surface area contributed by atoms with Gasteiger partial charge in [0.1, 0.15) is 0 Å². The second kappa shape index (κ2) is 4.16. The Balaban J connectivity index is 0. The van der Waals surface area contributed by atoms with E-state index in [0.29, 0.717) is 0 Å². The Kier molecular flexibility index (Phi) is 5.77. The van der Waals surface area contributed by atoms with Crippen LogP contribution >= 0.6 is 0 Å². The zero-order chi connectivity index (χ0) is 5.91. The van der Waals surface area contributed by atoms with E-state index in [1.165, 1.54) is 6.08 Å². The molecule has 0 atom stereocenters. The van der Waals surface area contributed by atoms with Crippen molar-refractivity contribution in [3.8, 4) is 0 Å². The van der Waals surface area contributed by atoms with Crippen LogP contribution < -0.4 is 18.9 Å². The first-order chi connectivity index (χ1) is 3.06. The maximum absolute atomic E-state index is 9.83. The normalized spacial score (nSPS) is 9.62. The minimum absolute atomic E-state index is 0. The molecule has 0 amide bonds. The van der Waals surface area contributed by atoms with Crippen molar-refractivity contribution >= 4 is 10.0 Å². The third-order valence-corrected chi connectivity index (χ3v) is 1.01. The van der Waals surface area contributed by atoms with Crippen LogP contribution in [0.15, 0.2) is 12.7 Å². The van der Waals surface area contributed by atoms with Crippen LogP contribution in [0.3, 0.4) is 0 Å². The van der Waals surface area contributed by atoms with Gasteiger partial charge in [0.15, 0.2) is 0 Å². The van der Waals surface area contributed by atoms with Gasteiger partial charge in [0, 0.05) is 0 Å². The first kappa shape index (κ1) is 11.1. The van der Waals surface area contributed by atoms with Crippen LogP contribution in [0.1, 0.15) is 0 Å². The summed E-state index contributed by atoms with van der Waals surface area (Å²) in [5, 5.41) is 6.23. The van der Waals surface area contributed by atoms with E-state index in [1.807, 2.05) is 0 Å². The number of hydrogen-bond acceptors (Lipinski definition) is 2. The van der Waals surface area contributed by atoms with Gasteiger partial charge in [-0.25, -0.2) is 8.42 Å². The van der Waals surface area contributed by atoms with Crippen molar-refractivity contribution in [3.05, 3.63) is 17.8 Å². The molecule has 0 saturated heterocycles. The van der Waals surface area contributed by atoms with Crippen molar-refractivity contribution in [2.75, 3.05) is 5.75 Å². The Bertz CT molecular complexity index is 151. The molecule has 0 rings (SSSR count). The molecule has 0 unspecified atom stereocenters. The quantitative estimate of drug-likeness (QED) is 0.305.